The molecule has 0 radical (unpaired) electrons. The molecule has 1 aromatic rings. The van der Waals surface area contributed by atoms with Gasteiger partial charge in [0.1, 0.15) is 0 Å². The lowest BCUT2D eigenvalue weighted by molar-refractivity contribution is 0.0925. The number of hydrogen-bond acceptors (Lipinski definition) is 3. The summed E-state index contributed by atoms with van der Waals surface area (Å²) in [6, 6.07) is 1.78. The fraction of sp³-hybridized carbons (Fsp3) is 0.647. The topological polar surface area (TPSA) is 78.7 Å². The highest BCUT2D eigenvalue weighted by molar-refractivity contribution is 14.0. The summed E-state index contributed by atoms with van der Waals surface area (Å²) in [6.07, 6.45) is 4.68. The molecule has 0 unspecified atom stereocenters. The zero-order valence-electron chi connectivity index (χ0n) is 15.1. The number of aryl methyl sites for hydroxylation is 1. The molecule has 0 aliphatic rings. The molecule has 0 aromatic carbocycles. The fourth-order valence-electron chi connectivity index (χ4n) is 2.22. The Morgan fingerprint density at radius 3 is 2.42 bits per heavy atom. The zero-order valence-corrected chi connectivity index (χ0v) is 17.5. The fourth-order valence-corrected chi connectivity index (χ4v) is 2.22. The molecule has 24 heavy (non-hydrogen) atoms. The molecule has 0 saturated heterocycles. The Hall–Kier alpha value is -1.25. The van der Waals surface area contributed by atoms with Gasteiger partial charge in [0.25, 0.3) is 5.91 Å². The smallest absolute Gasteiger partial charge is 0.287 e. The molecule has 3 N–H and O–H groups in total. The second-order valence-corrected chi connectivity index (χ2v) is 5.60. The second-order valence-electron chi connectivity index (χ2n) is 5.60. The Morgan fingerprint density at radius 1 is 1.21 bits per heavy atom. The molecular weight excluding hydrogens is 419 g/mol. The molecule has 1 amide bonds. The van der Waals surface area contributed by atoms with E-state index in [1.165, 1.54) is 19.1 Å². The lowest BCUT2D eigenvalue weighted by atomic mass is 10.0. The predicted octanol–water partition coefficient (Wildman–Crippen LogP) is 2.93. The van der Waals surface area contributed by atoms with Gasteiger partial charge >= 0.3 is 0 Å². The molecule has 1 aromatic heterocycles. The highest BCUT2D eigenvalue weighted by Gasteiger charge is 2.11. The number of carbonyl (C=O) groups is 1. The number of furan rings is 1. The van der Waals surface area contributed by atoms with Gasteiger partial charge in [0.2, 0.25) is 0 Å². The summed E-state index contributed by atoms with van der Waals surface area (Å²) in [7, 11) is 1.77. The van der Waals surface area contributed by atoms with Crippen LogP contribution < -0.4 is 16.0 Å². The third kappa shape index (κ3) is 8.03. The largest absolute Gasteiger partial charge is 0.459 e. The Balaban J connectivity index is 0.00000529. The first-order chi connectivity index (χ1) is 11.1. The number of guanidine groups is 1. The van der Waals surface area contributed by atoms with Crippen molar-refractivity contribution >= 4 is 35.8 Å². The van der Waals surface area contributed by atoms with Crippen LogP contribution in [0.15, 0.2) is 21.7 Å². The van der Waals surface area contributed by atoms with Gasteiger partial charge in [-0.3, -0.25) is 9.79 Å². The molecular formula is C17H31IN4O2. The number of halogens is 1. The van der Waals surface area contributed by atoms with Gasteiger partial charge in [0.05, 0.1) is 6.26 Å². The summed E-state index contributed by atoms with van der Waals surface area (Å²) >= 11 is 0. The van der Waals surface area contributed by atoms with Gasteiger partial charge < -0.3 is 20.4 Å². The van der Waals surface area contributed by atoms with Crippen molar-refractivity contribution in [2.75, 3.05) is 26.7 Å². The van der Waals surface area contributed by atoms with E-state index in [0.29, 0.717) is 18.2 Å². The lowest BCUT2D eigenvalue weighted by Crippen LogP contribution is -2.40. The van der Waals surface area contributed by atoms with E-state index in [-0.39, 0.29) is 29.9 Å². The van der Waals surface area contributed by atoms with E-state index >= 15 is 0 Å². The number of aliphatic imine (C=N–C) groups is 1. The van der Waals surface area contributed by atoms with Crippen LogP contribution in [0, 0.1) is 12.8 Å². The van der Waals surface area contributed by atoms with Crippen molar-refractivity contribution in [1.82, 2.24) is 16.0 Å². The molecule has 0 aliphatic carbocycles. The Morgan fingerprint density at radius 2 is 1.88 bits per heavy atom. The first kappa shape index (κ1) is 22.8. The molecule has 0 spiro atoms. The van der Waals surface area contributed by atoms with Crippen molar-refractivity contribution in [2.45, 2.75) is 40.0 Å². The van der Waals surface area contributed by atoms with Crippen LogP contribution in [0.25, 0.3) is 0 Å². The van der Waals surface area contributed by atoms with E-state index < -0.39 is 0 Å². The lowest BCUT2D eigenvalue weighted by Gasteiger charge is -2.16. The summed E-state index contributed by atoms with van der Waals surface area (Å²) in [6.45, 7) is 8.54. The number of nitrogens with zero attached hydrogens (tertiary/aromatic N) is 1. The number of nitrogens with one attached hydrogen (secondary N) is 3. The van der Waals surface area contributed by atoms with Gasteiger partial charge in [-0.2, -0.15) is 0 Å². The minimum atomic E-state index is -0.163. The second kappa shape index (κ2) is 13.1. The maximum atomic E-state index is 11.9. The SMILES string of the molecule is CCC(CC)CNC(=NC)NCCCNC(=O)c1occc1C.I. The molecule has 7 heteroatoms. The molecule has 0 saturated carbocycles. The number of carbonyl (C=O) groups excluding carboxylic acids is 1. The monoisotopic (exact) mass is 450 g/mol. The van der Waals surface area contributed by atoms with Crippen molar-refractivity contribution in [3.63, 3.8) is 0 Å². The molecule has 1 rings (SSSR count). The van der Waals surface area contributed by atoms with E-state index in [1.807, 2.05) is 6.92 Å². The highest BCUT2D eigenvalue weighted by atomic mass is 127. The van der Waals surface area contributed by atoms with Crippen molar-refractivity contribution < 1.29 is 9.21 Å². The molecule has 0 aliphatic heterocycles. The van der Waals surface area contributed by atoms with Crippen molar-refractivity contribution in [3.05, 3.63) is 23.7 Å². The van der Waals surface area contributed by atoms with Crippen LogP contribution in [0.3, 0.4) is 0 Å². The summed E-state index contributed by atoms with van der Waals surface area (Å²) in [5.41, 5.74) is 0.853. The quantitative estimate of drug-likeness (QED) is 0.234. The number of hydrogen-bond donors (Lipinski definition) is 3. The van der Waals surface area contributed by atoms with Crippen LogP contribution in [0.4, 0.5) is 0 Å². The van der Waals surface area contributed by atoms with Crippen LogP contribution >= 0.6 is 24.0 Å². The molecule has 1 heterocycles. The third-order valence-electron chi connectivity index (χ3n) is 3.94. The van der Waals surface area contributed by atoms with E-state index in [0.717, 1.165) is 31.0 Å². The maximum absolute atomic E-state index is 11.9. The van der Waals surface area contributed by atoms with Crippen molar-refractivity contribution in [3.8, 4) is 0 Å². The Labute approximate surface area is 162 Å². The van der Waals surface area contributed by atoms with Gasteiger partial charge in [0.15, 0.2) is 11.7 Å². The van der Waals surface area contributed by atoms with Gasteiger partial charge in [-0.1, -0.05) is 26.7 Å². The molecule has 138 valence electrons. The van der Waals surface area contributed by atoms with E-state index in [9.17, 15) is 4.79 Å². The van der Waals surface area contributed by atoms with Gasteiger partial charge in [-0.15, -0.1) is 24.0 Å². The molecule has 0 atom stereocenters. The first-order valence-corrected chi connectivity index (χ1v) is 8.39. The molecule has 0 bridgehead atoms. The molecule has 6 nitrogen and oxygen atoms in total. The van der Waals surface area contributed by atoms with Crippen LogP contribution in [0.1, 0.15) is 49.2 Å². The van der Waals surface area contributed by atoms with E-state index in [2.05, 4.69) is 34.8 Å². The number of rotatable bonds is 9. The van der Waals surface area contributed by atoms with Crippen LogP contribution in [0.2, 0.25) is 0 Å². The van der Waals surface area contributed by atoms with Crippen molar-refractivity contribution in [2.24, 2.45) is 10.9 Å². The summed E-state index contributed by atoms with van der Waals surface area (Å²) < 4.78 is 5.16. The van der Waals surface area contributed by atoms with E-state index in [4.69, 9.17) is 4.42 Å². The van der Waals surface area contributed by atoms with Crippen molar-refractivity contribution in [1.29, 1.82) is 0 Å². The Bertz CT molecular complexity index is 499. The normalized spacial score (nSPS) is 11.1. The molecule has 0 fully saturated rings. The highest BCUT2D eigenvalue weighted by Crippen LogP contribution is 2.07. The minimum absolute atomic E-state index is 0. The van der Waals surface area contributed by atoms with Gasteiger partial charge in [-0.05, 0) is 25.3 Å². The minimum Gasteiger partial charge on any atom is -0.459 e. The summed E-state index contributed by atoms with van der Waals surface area (Å²) in [5.74, 6) is 1.71. The average Bonchev–Trinajstić information content (AvgIpc) is 2.99. The van der Waals surface area contributed by atoms with Gasteiger partial charge in [-0.25, -0.2) is 0 Å². The summed E-state index contributed by atoms with van der Waals surface area (Å²) in [5, 5.41) is 9.45. The Kier molecular flexibility index (Phi) is 12.4. The maximum Gasteiger partial charge on any atom is 0.287 e. The predicted molar refractivity (Wildman–Crippen MR) is 109 cm³/mol. The van der Waals surface area contributed by atoms with Gasteiger partial charge in [0, 0.05) is 32.2 Å². The zero-order chi connectivity index (χ0) is 17.1. The standard InChI is InChI=1S/C17H30N4O2.HI/c1-5-14(6-2)12-21-17(18-4)20-10-7-9-19-16(22)15-13(3)8-11-23-15;/h8,11,14H,5-7,9-10,12H2,1-4H3,(H,19,22)(H2,18,20,21);1H. The third-order valence-corrected chi connectivity index (χ3v) is 3.94. The summed E-state index contributed by atoms with van der Waals surface area (Å²) in [4.78, 5) is 16.1. The van der Waals surface area contributed by atoms with Crippen LogP contribution in [-0.2, 0) is 0 Å². The average molecular weight is 450 g/mol. The number of amides is 1. The van der Waals surface area contributed by atoms with Crippen LogP contribution in [0.5, 0.6) is 0 Å². The van der Waals surface area contributed by atoms with E-state index in [1.54, 1.807) is 13.1 Å². The van der Waals surface area contributed by atoms with Crippen LogP contribution in [-0.4, -0.2) is 38.5 Å². The first-order valence-electron chi connectivity index (χ1n) is 8.39.